The lowest BCUT2D eigenvalue weighted by Crippen LogP contribution is -2.49. The zero-order valence-electron chi connectivity index (χ0n) is 12.5. The van der Waals surface area contributed by atoms with Crippen molar-refractivity contribution in [3.8, 4) is 0 Å². The zero-order chi connectivity index (χ0) is 15.5. The fraction of sp³-hybridized carbons (Fsp3) is 0.692. The third-order valence-electron chi connectivity index (χ3n) is 3.58. The maximum atomic E-state index is 12.5. The maximum absolute atomic E-state index is 12.5. The summed E-state index contributed by atoms with van der Waals surface area (Å²) in [6.07, 6.45) is 0. The molecule has 0 saturated carbocycles. The molecule has 2 rings (SSSR count). The van der Waals surface area contributed by atoms with E-state index in [0.29, 0.717) is 22.2 Å². The number of hydrogen-bond donors (Lipinski definition) is 1. The van der Waals surface area contributed by atoms with Crippen LogP contribution in [0.4, 0.5) is 0 Å². The van der Waals surface area contributed by atoms with E-state index in [1.807, 2.05) is 14.1 Å². The lowest BCUT2D eigenvalue weighted by Gasteiger charge is -2.34. The van der Waals surface area contributed by atoms with Crippen molar-refractivity contribution in [1.29, 1.82) is 0 Å². The molecule has 1 aromatic heterocycles. The molecular weight excluding hydrogens is 310 g/mol. The molecule has 0 radical (unpaired) electrons. The third kappa shape index (κ3) is 4.24. The highest BCUT2D eigenvalue weighted by molar-refractivity contribution is 7.91. The van der Waals surface area contributed by atoms with E-state index in [1.165, 1.54) is 0 Å². The fourth-order valence-corrected chi connectivity index (χ4v) is 5.04. The van der Waals surface area contributed by atoms with Crippen molar-refractivity contribution >= 4 is 21.4 Å². The predicted octanol–water partition coefficient (Wildman–Crippen LogP) is 0.108. The Balaban J connectivity index is 1.94. The Kier molecular flexibility index (Phi) is 5.75. The SMILES string of the molecule is CN(C)CCN1CCN(S(=O)(=O)c2ccc(CO)s2)CC1. The average Bonchev–Trinajstić information content (AvgIpc) is 2.95. The first kappa shape index (κ1) is 16.9. The summed E-state index contributed by atoms with van der Waals surface area (Å²) in [6, 6.07) is 3.26. The Morgan fingerprint density at radius 1 is 1.24 bits per heavy atom. The molecule has 120 valence electrons. The lowest BCUT2D eigenvalue weighted by molar-refractivity contribution is 0.175. The van der Waals surface area contributed by atoms with E-state index < -0.39 is 10.0 Å². The molecule has 1 aliphatic rings. The molecule has 1 aromatic rings. The summed E-state index contributed by atoms with van der Waals surface area (Å²) in [7, 11) is 0.674. The van der Waals surface area contributed by atoms with Crippen LogP contribution in [0.1, 0.15) is 4.88 Å². The summed E-state index contributed by atoms with van der Waals surface area (Å²) in [4.78, 5) is 5.10. The summed E-state index contributed by atoms with van der Waals surface area (Å²) in [5, 5.41) is 9.06. The van der Waals surface area contributed by atoms with Gasteiger partial charge in [0.25, 0.3) is 10.0 Å². The number of aliphatic hydroxyl groups excluding tert-OH is 1. The van der Waals surface area contributed by atoms with Crippen LogP contribution in [0.25, 0.3) is 0 Å². The second-order valence-electron chi connectivity index (χ2n) is 5.43. The van der Waals surface area contributed by atoms with Crippen molar-refractivity contribution in [3.63, 3.8) is 0 Å². The standard InChI is InChI=1S/C13H23N3O3S2/c1-14(2)5-6-15-7-9-16(10-8-15)21(18,19)13-4-3-12(11-17)20-13/h3-4,17H,5-11H2,1-2H3. The van der Waals surface area contributed by atoms with Gasteiger partial charge in [0.05, 0.1) is 6.61 Å². The Morgan fingerprint density at radius 2 is 1.90 bits per heavy atom. The number of aliphatic hydroxyl groups is 1. The number of hydrogen-bond acceptors (Lipinski definition) is 6. The van der Waals surface area contributed by atoms with Gasteiger partial charge in [-0.2, -0.15) is 4.31 Å². The highest BCUT2D eigenvalue weighted by atomic mass is 32.2. The van der Waals surface area contributed by atoms with Crippen molar-refractivity contribution in [2.45, 2.75) is 10.8 Å². The van der Waals surface area contributed by atoms with Gasteiger partial charge in [-0.25, -0.2) is 8.42 Å². The van der Waals surface area contributed by atoms with Crippen molar-refractivity contribution in [2.24, 2.45) is 0 Å². The minimum atomic E-state index is -3.40. The van der Waals surface area contributed by atoms with E-state index in [2.05, 4.69) is 9.80 Å². The van der Waals surface area contributed by atoms with E-state index in [4.69, 9.17) is 5.11 Å². The average molecular weight is 333 g/mol. The lowest BCUT2D eigenvalue weighted by atomic mass is 10.3. The molecule has 8 heteroatoms. The molecule has 2 heterocycles. The normalized spacial score (nSPS) is 18.5. The number of thiophene rings is 1. The molecule has 0 spiro atoms. The van der Waals surface area contributed by atoms with Gasteiger partial charge in [-0.1, -0.05) is 0 Å². The summed E-state index contributed by atoms with van der Waals surface area (Å²) < 4.78 is 26.9. The van der Waals surface area contributed by atoms with Gasteiger partial charge in [0.15, 0.2) is 0 Å². The van der Waals surface area contributed by atoms with E-state index in [-0.39, 0.29) is 6.61 Å². The van der Waals surface area contributed by atoms with Crippen LogP contribution in [0.2, 0.25) is 0 Å². The Morgan fingerprint density at radius 3 is 2.43 bits per heavy atom. The molecule has 1 aliphatic heterocycles. The first-order valence-corrected chi connectivity index (χ1v) is 9.26. The second kappa shape index (κ2) is 7.17. The smallest absolute Gasteiger partial charge is 0.252 e. The van der Waals surface area contributed by atoms with Crippen LogP contribution >= 0.6 is 11.3 Å². The molecule has 0 aromatic carbocycles. The van der Waals surface area contributed by atoms with Crippen LogP contribution < -0.4 is 0 Å². The van der Waals surface area contributed by atoms with Gasteiger partial charge in [0.2, 0.25) is 0 Å². The van der Waals surface area contributed by atoms with Gasteiger partial charge in [0, 0.05) is 44.1 Å². The number of likely N-dealkylation sites (N-methyl/N-ethyl adjacent to an activating group) is 1. The summed E-state index contributed by atoms with van der Waals surface area (Å²) in [5.41, 5.74) is 0. The van der Waals surface area contributed by atoms with Crippen LogP contribution in [0.3, 0.4) is 0 Å². The van der Waals surface area contributed by atoms with Gasteiger partial charge >= 0.3 is 0 Å². The summed E-state index contributed by atoms with van der Waals surface area (Å²) in [6.45, 7) is 4.44. The van der Waals surface area contributed by atoms with Crippen molar-refractivity contribution in [1.82, 2.24) is 14.1 Å². The number of sulfonamides is 1. The highest BCUT2D eigenvalue weighted by Crippen LogP contribution is 2.25. The topological polar surface area (TPSA) is 64.1 Å². The Hall–Kier alpha value is -0.510. The van der Waals surface area contributed by atoms with E-state index in [9.17, 15) is 8.42 Å². The van der Waals surface area contributed by atoms with Crippen molar-refractivity contribution in [2.75, 3.05) is 53.4 Å². The maximum Gasteiger partial charge on any atom is 0.252 e. The molecule has 0 amide bonds. The third-order valence-corrected chi connectivity index (χ3v) is 7.02. The monoisotopic (exact) mass is 333 g/mol. The van der Waals surface area contributed by atoms with Crippen LogP contribution in [-0.4, -0.2) is 81.0 Å². The van der Waals surface area contributed by atoms with E-state index in [1.54, 1.807) is 16.4 Å². The quantitative estimate of drug-likeness (QED) is 0.800. The number of piperazine rings is 1. The molecule has 0 unspecified atom stereocenters. The second-order valence-corrected chi connectivity index (χ2v) is 8.76. The minimum Gasteiger partial charge on any atom is -0.391 e. The molecule has 0 aliphatic carbocycles. The molecule has 0 bridgehead atoms. The van der Waals surface area contributed by atoms with Crippen LogP contribution in [0.5, 0.6) is 0 Å². The zero-order valence-corrected chi connectivity index (χ0v) is 14.2. The molecular formula is C13H23N3O3S2. The highest BCUT2D eigenvalue weighted by Gasteiger charge is 2.29. The number of nitrogens with zero attached hydrogens (tertiary/aromatic N) is 3. The molecule has 21 heavy (non-hydrogen) atoms. The minimum absolute atomic E-state index is 0.113. The van der Waals surface area contributed by atoms with Gasteiger partial charge in [-0.05, 0) is 26.2 Å². The first-order chi connectivity index (χ1) is 9.93. The molecule has 1 N–H and O–H groups in total. The first-order valence-electron chi connectivity index (χ1n) is 7.00. The predicted molar refractivity (Wildman–Crippen MR) is 84.0 cm³/mol. The van der Waals surface area contributed by atoms with E-state index >= 15 is 0 Å². The summed E-state index contributed by atoms with van der Waals surface area (Å²) >= 11 is 1.15. The van der Waals surface area contributed by atoms with Gasteiger partial charge < -0.3 is 10.0 Å². The molecule has 6 nitrogen and oxygen atoms in total. The van der Waals surface area contributed by atoms with Crippen molar-refractivity contribution < 1.29 is 13.5 Å². The van der Waals surface area contributed by atoms with Crippen LogP contribution in [0, 0.1) is 0 Å². The van der Waals surface area contributed by atoms with Gasteiger partial charge in [-0.15, -0.1) is 11.3 Å². The summed E-state index contributed by atoms with van der Waals surface area (Å²) in [5.74, 6) is 0. The molecule has 0 atom stereocenters. The Labute approximate surface area is 130 Å². The molecule has 1 saturated heterocycles. The fourth-order valence-electron chi connectivity index (χ4n) is 2.24. The van der Waals surface area contributed by atoms with Crippen molar-refractivity contribution in [3.05, 3.63) is 17.0 Å². The van der Waals surface area contributed by atoms with Crippen LogP contribution in [-0.2, 0) is 16.6 Å². The van der Waals surface area contributed by atoms with Gasteiger partial charge in [-0.3, -0.25) is 4.90 Å². The Bertz CT molecular complexity index is 549. The van der Waals surface area contributed by atoms with Gasteiger partial charge in [0.1, 0.15) is 4.21 Å². The van der Waals surface area contributed by atoms with Crippen LogP contribution in [0.15, 0.2) is 16.3 Å². The molecule has 1 fully saturated rings. The van der Waals surface area contributed by atoms with E-state index in [0.717, 1.165) is 37.5 Å². The number of rotatable bonds is 6. The largest absolute Gasteiger partial charge is 0.391 e.